The van der Waals surface area contributed by atoms with Crippen LogP contribution >= 0.6 is 0 Å². The fourth-order valence-electron chi connectivity index (χ4n) is 3.80. The minimum Gasteiger partial charge on any atom is -0.466 e. The molecule has 1 saturated heterocycles. The van der Waals surface area contributed by atoms with Gasteiger partial charge in [0.15, 0.2) is 5.96 Å². The van der Waals surface area contributed by atoms with E-state index in [2.05, 4.69) is 41.3 Å². The minimum atomic E-state index is -1.05. The second-order valence-electron chi connectivity index (χ2n) is 8.27. The van der Waals surface area contributed by atoms with Gasteiger partial charge in [-0.3, -0.25) is 0 Å². The molecule has 1 aliphatic rings. The third-order valence-electron chi connectivity index (χ3n) is 5.35. The zero-order valence-electron chi connectivity index (χ0n) is 17.9. The second-order valence-corrected chi connectivity index (χ2v) is 8.27. The van der Waals surface area contributed by atoms with Crippen LogP contribution in [0, 0.1) is 19.8 Å². The van der Waals surface area contributed by atoms with Crippen molar-refractivity contribution < 1.29 is 9.52 Å². The summed E-state index contributed by atoms with van der Waals surface area (Å²) in [5.74, 6) is 2.95. The smallest absolute Gasteiger partial charge is 0.191 e. The molecule has 0 radical (unpaired) electrons. The van der Waals surface area contributed by atoms with Gasteiger partial charge in [0.05, 0.1) is 6.54 Å². The maximum absolute atomic E-state index is 10.9. The molecule has 0 aromatic carbocycles. The normalized spacial score (nSPS) is 21.3. The third kappa shape index (κ3) is 6.25. The SMILES string of the molecule is CCNC(=NCC(C)(O)c1cc(C)oc1C)NCC1CCCN(C(C)C)C1. The number of aryl methyl sites for hydroxylation is 2. The van der Waals surface area contributed by atoms with E-state index in [0.717, 1.165) is 42.7 Å². The summed E-state index contributed by atoms with van der Waals surface area (Å²) in [6.07, 6.45) is 2.51. The topological polar surface area (TPSA) is 73.0 Å². The van der Waals surface area contributed by atoms with Gasteiger partial charge in [0.1, 0.15) is 17.1 Å². The summed E-state index contributed by atoms with van der Waals surface area (Å²) in [6.45, 7) is 16.5. The molecule has 6 heteroatoms. The number of likely N-dealkylation sites (tertiary alicyclic amines) is 1. The van der Waals surface area contributed by atoms with Crippen LogP contribution in [-0.2, 0) is 5.60 Å². The highest BCUT2D eigenvalue weighted by molar-refractivity contribution is 5.79. The lowest BCUT2D eigenvalue weighted by molar-refractivity contribution is 0.0656. The van der Waals surface area contributed by atoms with Gasteiger partial charge in [0.2, 0.25) is 0 Å². The number of nitrogens with zero attached hydrogens (tertiary/aromatic N) is 2. The van der Waals surface area contributed by atoms with Crippen LogP contribution in [0.3, 0.4) is 0 Å². The zero-order valence-corrected chi connectivity index (χ0v) is 17.9. The summed E-state index contributed by atoms with van der Waals surface area (Å²) in [5, 5.41) is 17.6. The summed E-state index contributed by atoms with van der Waals surface area (Å²) in [7, 11) is 0. The standard InChI is InChI=1S/C21H38N4O2/c1-7-22-20(23-12-18-9-8-10-25(13-18)15(2)3)24-14-21(6,26)19-11-16(4)27-17(19)5/h11,15,18,26H,7-10,12-14H2,1-6H3,(H2,22,23,24). The number of rotatable bonds is 7. The Balaban J connectivity index is 1.96. The van der Waals surface area contributed by atoms with Crippen molar-refractivity contribution >= 4 is 5.96 Å². The van der Waals surface area contributed by atoms with E-state index < -0.39 is 5.60 Å². The van der Waals surface area contributed by atoms with Gasteiger partial charge in [0, 0.05) is 31.2 Å². The molecule has 0 spiro atoms. The number of nitrogens with one attached hydrogen (secondary N) is 2. The van der Waals surface area contributed by atoms with Crippen molar-refractivity contribution in [2.45, 2.75) is 66.0 Å². The zero-order chi connectivity index (χ0) is 20.0. The van der Waals surface area contributed by atoms with E-state index in [1.54, 1.807) is 6.92 Å². The fraction of sp³-hybridized carbons (Fsp3) is 0.762. The van der Waals surface area contributed by atoms with Gasteiger partial charge >= 0.3 is 0 Å². The molecule has 0 bridgehead atoms. The van der Waals surface area contributed by atoms with E-state index in [4.69, 9.17) is 4.42 Å². The molecule has 0 saturated carbocycles. The van der Waals surface area contributed by atoms with Gasteiger partial charge in [-0.05, 0) is 72.9 Å². The first-order valence-electron chi connectivity index (χ1n) is 10.3. The number of furan rings is 1. The summed E-state index contributed by atoms with van der Waals surface area (Å²) in [5.41, 5.74) is -0.247. The van der Waals surface area contributed by atoms with Crippen LogP contribution < -0.4 is 10.6 Å². The van der Waals surface area contributed by atoms with Crippen LogP contribution in [0.2, 0.25) is 0 Å². The van der Waals surface area contributed by atoms with Gasteiger partial charge in [0.25, 0.3) is 0 Å². The summed E-state index contributed by atoms with van der Waals surface area (Å²) >= 11 is 0. The number of aliphatic imine (C=N–C) groups is 1. The summed E-state index contributed by atoms with van der Waals surface area (Å²) in [6, 6.07) is 2.50. The Morgan fingerprint density at radius 1 is 1.41 bits per heavy atom. The number of piperidine rings is 1. The van der Waals surface area contributed by atoms with E-state index in [1.165, 1.54) is 19.4 Å². The van der Waals surface area contributed by atoms with Gasteiger partial charge in [-0.2, -0.15) is 0 Å². The van der Waals surface area contributed by atoms with Crippen LogP contribution in [0.5, 0.6) is 0 Å². The largest absolute Gasteiger partial charge is 0.466 e. The molecule has 154 valence electrons. The maximum atomic E-state index is 10.9. The second kappa shape index (κ2) is 9.60. The number of aliphatic hydroxyl groups is 1. The molecule has 0 aliphatic carbocycles. The van der Waals surface area contributed by atoms with Crippen LogP contribution in [0.4, 0.5) is 0 Å². The third-order valence-corrected chi connectivity index (χ3v) is 5.35. The molecule has 1 aromatic heterocycles. The van der Waals surface area contributed by atoms with Crippen LogP contribution in [0.1, 0.15) is 57.6 Å². The van der Waals surface area contributed by atoms with Crippen molar-refractivity contribution in [2.75, 3.05) is 32.7 Å². The lowest BCUT2D eigenvalue weighted by atomic mass is 9.96. The highest BCUT2D eigenvalue weighted by Crippen LogP contribution is 2.27. The quantitative estimate of drug-likeness (QED) is 0.503. The predicted molar refractivity (Wildman–Crippen MR) is 111 cm³/mol. The Kier molecular flexibility index (Phi) is 7.74. The van der Waals surface area contributed by atoms with Gasteiger partial charge < -0.3 is 25.1 Å². The Bertz CT molecular complexity index is 622. The molecule has 27 heavy (non-hydrogen) atoms. The number of hydrogen-bond donors (Lipinski definition) is 3. The molecule has 1 aromatic rings. The van der Waals surface area contributed by atoms with Gasteiger partial charge in [-0.25, -0.2) is 4.99 Å². The Morgan fingerprint density at radius 2 is 2.15 bits per heavy atom. The molecule has 2 heterocycles. The molecule has 3 N–H and O–H groups in total. The minimum absolute atomic E-state index is 0.283. The van der Waals surface area contributed by atoms with E-state index in [-0.39, 0.29) is 6.54 Å². The Hall–Kier alpha value is -1.53. The van der Waals surface area contributed by atoms with E-state index in [0.29, 0.717) is 12.0 Å². The van der Waals surface area contributed by atoms with Crippen LogP contribution in [0.25, 0.3) is 0 Å². The van der Waals surface area contributed by atoms with Crippen LogP contribution in [-0.4, -0.2) is 54.7 Å². The highest BCUT2D eigenvalue weighted by atomic mass is 16.3. The lowest BCUT2D eigenvalue weighted by Gasteiger charge is -2.35. The van der Waals surface area contributed by atoms with Crippen molar-refractivity contribution in [3.8, 4) is 0 Å². The molecule has 2 rings (SSSR count). The van der Waals surface area contributed by atoms with Crippen LogP contribution in [0.15, 0.2) is 15.5 Å². The summed E-state index contributed by atoms with van der Waals surface area (Å²) < 4.78 is 5.57. The van der Waals surface area contributed by atoms with E-state index in [9.17, 15) is 5.11 Å². The highest BCUT2D eigenvalue weighted by Gasteiger charge is 2.28. The molecular formula is C21H38N4O2. The molecule has 0 amide bonds. The van der Waals surface area contributed by atoms with Crippen molar-refractivity contribution in [1.82, 2.24) is 15.5 Å². The number of hydrogen-bond acceptors (Lipinski definition) is 4. The first-order chi connectivity index (χ1) is 12.7. The maximum Gasteiger partial charge on any atom is 0.191 e. The molecule has 2 atom stereocenters. The lowest BCUT2D eigenvalue weighted by Crippen LogP contribution is -2.46. The van der Waals surface area contributed by atoms with Crippen molar-refractivity contribution in [2.24, 2.45) is 10.9 Å². The number of guanidine groups is 1. The Labute approximate surface area is 164 Å². The summed E-state index contributed by atoms with van der Waals surface area (Å²) in [4.78, 5) is 7.19. The molecule has 2 unspecified atom stereocenters. The molecule has 1 fully saturated rings. The molecule has 1 aliphatic heterocycles. The van der Waals surface area contributed by atoms with E-state index >= 15 is 0 Å². The fourth-order valence-corrected chi connectivity index (χ4v) is 3.80. The average molecular weight is 379 g/mol. The average Bonchev–Trinajstić information content (AvgIpc) is 2.97. The van der Waals surface area contributed by atoms with E-state index in [1.807, 2.05) is 19.9 Å². The van der Waals surface area contributed by atoms with Gasteiger partial charge in [-0.15, -0.1) is 0 Å². The molecule has 6 nitrogen and oxygen atoms in total. The van der Waals surface area contributed by atoms with Crippen molar-refractivity contribution in [1.29, 1.82) is 0 Å². The first kappa shape index (κ1) is 21.8. The predicted octanol–water partition coefficient (Wildman–Crippen LogP) is 2.78. The molecular weight excluding hydrogens is 340 g/mol. The monoisotopic (exact) mass is 378 g/mol. The first-order valence-corrected chi connectivity index (χ1v) is 10.3. The van der Waals surface area contributed by atoms with Crippen molar-refractivity contribution in [3.05, 3.63) is 23.2 Å². The van der Waals surface area contributed by atoms with Gasteiger partial charge in [-0.1, -0.05) is 0 Å². The Morgan fingerprint density at radius 3 is 2.74 bits per heavy atom. The van der Waals surface area contributed by atoms with Crippen molar-refractivity contribution in [3.63, 3.8) is 0 Å².